The Balaban J connectivity index is 2.37. The number of unbranched alkanes of at least 4 members (excludes halogenated alkanes) is 1. The van der Waals surface area contributed by atoms with Crippen LogP contribution in [0.4, 0.5) is 0 Å². The Hall–Kier alpha value is -0.0800. The fourth-order valence-corrected chi connectivity index (χ4v) is 2.25. The van der Waals surface area contributed by atoms with E-state index in [9.17, 15) is 0 Å². The van der Waals surface area contributed by atoms with Crippen molar-refractivity contribution in [3.63, 3.8) is 0 Å². The third-order valence-corrected chi connectivity index (χ3v) is 3.56. The summed E-state index contributed by atoms with van der Waals surface area (Å²) in [6.07, 6.45) is 5.53. The molecule has 1 atom stereocenters. The van der Waals surface area contributed by atoms with E-state index in [0.29, 0.717) is 6.04 Å². The van der Waals surface area contributed by atoms with Gasteiger partial charge in [-0.15, -0.1) is 0 Å². The molecule has 1 aliphatic carbocycles. The van der Waals surface area contributed by atoms with Crippen molar-refractivity contribution < 1.29 is 0 Å². The highest BCUT2D eigenvalue weighted by Gasteiger charge is 2.30. The normalized spacial score (nSPS) is 18.4. The third kappa shape index (κ3) is 4.84. The second-order valence-corrected chi connectivity index (χ2v) is 5.49. The zero-order valence-electron chi connectivity index (χ0n) is 11.6. The summed E-state index contributed by atoms with van der Waals surface area (Å²) < 4.78 is 0. The van der Waals surface area contributed by atoms with Gasteiger partial charge in [-0.25, -0.2) is 0 Å². The Bertz CT molecular complexity index is 176. The molecule has 1 N–H and O–H groups in total. The SMILES string of the molecule is CCCCN(CC(NCC)C(C)C)C1CC1. The van der Waals surface area contributed by atoms with Crippen molar-refractivity contribution in [2.45, 2.75) is 65.5 Å². The molecule has 1 saturated carbocycles. The van der Waals surface area contributed by atoms with Gasteiger partial charge in [-0.1, -0.05) is 34.1 Å². The largest absolute Gasteiger partial charge is 0.313 e. The lowest BCUT2D eigenvalue weighted by Crippen LogP contribution is -2.45. The Morgan fingerprint density at radius 2 is 1.94 bits per heavy atom. The fourth-order valence-electron chi connectivity index (χ4n) is 2.25. The van der Waals surface area contributed by atoms with E-state index < -0.39 is 0 Å². The van der Waals surface area contributed by atoms with Crippen molar-refractivity contribution in [2.75, 3.05) is 19.6 Å². The average molecular weight is 226 g/mol. The maximum Gasteiger partial charge on any atom is 0.0217 e. The molecule has 0 aliphatic heterocycles. The van der Waals surface area contributed by atoms with Gasteiger partial charge in [0, 0.05) is 18.6 Å². The van der Waals surface area contributed by atoms with Crippen LogP contribution in [0.25, 0.3) is 0 Å². The molecule has 0 aromatic rings. The minimum absolute atomic E-state index is 0.669. The number of nitrogens with one attached hydrogen (secondary N) is 1. The van der Waals surface area contributed by atoms with Gasteiger partial charge in [0.2, 0.25) is 0 Å². The van der Waals surface area contributed by atoms with Crippen molar-refractivity contribution in [3.8, 4) is 0 Å². The summed E-state index contributed by atoms with van der Waals surface area (Å²) in [6, 6.07) is 1.58. The van der Waals surface area contributed by atoms with Crippen LogP contribution in [0.5, 0.6) is 0 Å². The van der Waals surface area contributed by atoms with E-state index in [1.54, 1.807) is 0 Å². The summed E-state index contributed by atoms with van der Waals surface area (Å²) in [5.74, 6) is 0.739. The Morgan fingerprint density at radius 3 is 2.38 bits per heavy atom. The van der Waals surface area contributed by atoms with Gasteiger partial charge < -0.3 is 5.32 Å². The molecular weight excluding hydrogens is 196 g/mol. The van der Waals surface area contributed by atoms with Crippen LogP contribution in [0.3, 0.4) is 0 Å². The first-order valence-corrected chi connectivity index (χ1v) is 7.16. The van der Waals surface area contributed by atoms with Crippen LogP contribution in [-0.4, -0.2) is 36.6 Å². The molecule has 2 heteroatoms. The molecule has 0 aromatic heterocycles. The van der Waals surface area contributed by atoms with E-state index >= 15 is 0 Å². The van der Waals surface area contributed by atoms with Crippen LogP contribution in [0.1, 0.15) is 53.4 Å². The lowest BCUT2D eigenvalue weighted by molar-refractivity contribution is 0.208. The van der Waals surface area contributed by atoms with E-state index in [4.69, 9.17) is 0 Å². The second kappa shape index (κ2) is 7.29. The summed E-state index contributed by atoms with van der Waals surface area (Å²) >= 11 is 0. The van der Waals surface area contributed by atoms with Gasteiger partial charge in [0.15, 0.2) is 0 Å². The molecule has 0 bridgehead atoms. The maximum atomic E-state index is 3.63. The summed E-state index contributed by atoms with van der Waals surface area (Å²) in [4.78, 5) is 2.72. The van der Waals surface area contributed by atoms with Gasteiger partial charge in [0.1, 0.15) is 0 Å². The van der Waals surface area contributed by atoms with E-state index in [-0.39, 0.29) is 0 Å². The first-order chi connectivity index (χ1) is 7.69. The molecule has 0 heterocycles. The van der Waals surface area contributed by atoms with E-state index in [1.165, 1.54) is 38.8 Å². The number of rotatable bonds is 9. The predicted molar refractivity (Wildman–Crippen MR) is 71.8 cm³/mol. The maximum absolute atomic E-state index is 3.63. The van der Waals surface area contributed by atoms with Crippen LogP contribution in [0.2, 0.25) is 0 Å². The highest BCUT2D eigenvalue weighted by Crippen LogP contribution is 2.27. The highest BCUT2D eigenvalue weighted by molar-refractivity contribution is 4.87. The zero-order chi connectivity index (χ0) is 12.0. The first kappa shape index (κ1) is 14.0. The predicted octanol–water partition coefficient (Wildman–Crippen LogP) is 2.89. The lowest BCUT2D eigenvalue weighted by Gasteiger charge is -2.30. The number of hydrogen-bond donors (Lipinski definition) is 1. The monoisotopic (exact) mass is 226 g/mol. The first-order valence-electron chi connectivity index (χ1n) is 7.16. The molecule has 0 spiro atoms. The highest BCUT2D eigenvalue weighted by atomic mass is 15.2. The quantitative estimate of drug-likeness (QED) is 0.650. The van der Waals surface area contributed by atoms with Gasteiger partial charge in [0.25, 0.3) is 0 Å². The summed E-state index contributed by atoms with van der Waals surface area (Å²) in [5.41, 5.74) is 0. The van der Waals surface area contributed by atoms with Crippen molar-refractivity contribution in [2.24, 2.45) is 5.92 Å². The molecule has 1 aliphatic rings. The molecule has 0 saturated heterocycles. The van der Waals surface area contributed by atoms with Crippen LogP contribution in [-0.2, 0) is 0 Å². The number of likely N-dealkylation sites (N-methyl/N-ethyl adjacent to an activating group) is 1. The molecule has 16 heavy (non-hydrogen) atoms. The van der Waals surface area contributed by atoms with E-state index in [1.807, 2.05) is 0 Å². The molecule has 1 unspecified atom stereocenters. The Kier molecular flexibility index (Phi) is 6.37. The van der Waals surface area contributed by atoms with Crippen LogP contribution < -0.4 is 5.32 Å². The van der Waals surface area contributed by atoms with Crippen molar-refractivity contribution >= 4 is 0 Å². The summed E-state index contributed by atoms with van der Waals surface area (Å²) in [5, 5.41) is 3.63. The molecule has 96 valence electrons. The van der Waals surface area contributed by atoms with Crippen molar-refractivity contribution in [1.82, 2.24) is 10.2 Å². The van der Waals surface area contributed by atoms with Gasteiger partial charge >= 0.3 is 0 Å². The van der Waals surface area contributed by atoms with Gasteiger partial charge in [-0.05, 0) is 38.3 Å². The van der Waals surface area contributed by atoms with Gasteiger partial charge in [-0.3, -0.25) is 4.90 Å². The van der Waals surface area contributed by atoms with E-state index in [2.05, 4.69) is 37.9 Å². The molecular formula is C14H30N2. The topological polar surface area (TPSA) is 15.3 Å². The minimum Gasteiger partial charge on any atom is -0.313 e. The van der Waals surface area contributed by atoms with Gasteiger partial charge in [0.05, 0.1) is 0 Å². The number of nitrogens with zero attached hydrogens (tertiary/aromatic N) is 1. The molecule has 1 fully saturated rings. The Morgan fingerprint density at radius 1 is 1.25 bits per heavy atom. The molecule has 0 aromatic carbocycles. The molecule has 0 radical (unpaired) electrons. The third-order valence-electron chi connectivity index (χ3n) is 3.56. The van der Waals surface area contributed by atoms with Crippen molar-refractivity contribution in [3.05, 3.63) is 0 Å². The minimum atomic E-state index is 0.669. The standard InChI is InChI=1S/C14H30N2/c1-5-7-10-16(13-8-9-13)11-14(12(3)4)15-6-2/h12-15H,5-11H2,1-4H3. The molecule has 0 amide bonds. The van der Waals surface area contributed by atoms with Crippen LogP contribution in [0.15, 0.2) is 0 Å². The molecule has 2 nitrogen and oxygen atoms in total. The fraction of sp³-hybridized carbons (Fsp3) is 1.00. The van der Waals surface area contributed by atoms with E-state index in [0.717, 1.165) is 18.5 Å². The smallest absolute Gasteiger partial charge is 0.0217 e. The van der Waals surface area contributed by atoms with Crippen LogP contribution >= 0.6 is 0 Å². The average Bonchev–Trinajstić information content (AvgIpc) is 3.06. The second-order valence-electron chi connectivity index (χ2n) is 5.49. The summed E-state index contributed by atoms with van der Waals surface area (Å²) in [6.45, 7) is 12.8. The zero-order valence-corrected chi connectivity index (χ0v) is 11.6. The summed E-state index contributed by atoms with van der Waals surface area (Å²) in [7, 11) is 0. The Labute approximate surface area is 102 Å². The number of hydrogen-bond acceptors (Lipinski definition) is 2. The lowest BCUT2D eigenvalue weighted by atomic mass is 10.0. The molecule has 1 rings (SSSR count). The van der Waals surface area contributed by atoms with Gasteiger partial charge in [-0.2, -0.15) is 0 Å². The van der Waals surface area contributed by atoms with Crippen molar-refractivity contribution in [1.29, 1.82) is 0 Å². The van der Waals surface area contributed by atoms with Crippen LogP contribution in [0, 0.1) is 5.92 Å².